The number of piperidine rings is 1. The quantitative estimate of drug-likeness (QED) is 0.915. The van der Waals surface area contributed by atoms with Crippen LogP contribution in [0.15, 0.2) is 16.8 Å². The maximum Gasteiger partial charge on any atom is 0.211 e. The molecule has 102 valence electrons. The molecule has 0 amide bonds. The van der Waals surface area contributed by atoms with Crippen LogP contribution in [0.2, 0.25) is 0 Å². The van der Waals surface area contributed by atoms with E-state index in [9.17, 15) is 0 Å². The fourth-order valence-corrected chi connectivity index (χ4v) is 2.73. The van der Waals surface area contributed by atoms with Crippen molar-refractivity contribution in [3.05, 3.63) is 29.7 Å². The van der Waals surface area contributed by atoms with Crippen LogP contribution in [0.4, 0.5) is 0 Å². The van der Waals surface area contributed by atoms with Crippen LogP contribution in [0.25, 0.3) is 0 Å². The van der Waals surface area contributed by atoms with E-state index >= 15 is 0 Å². The zero-order valence-electron chi connectivity index (χ0n) is 11.3. The van der Waals surface area contributed by atoms with Crippen LogP contribution in [-0.4, -0.2) is 38.4 Å². The van der Waals surface area contributed by atoms with Gasteiger partial charge in [0.1, 0.15) is 5.76 Å². The van der Waals surface area contributed by atoms with Gasteiger partial charge in [0, 0.05) is 12.5 Å². The lowest BCUT2D eigenvalue weighted by Crippen LogP contribution is -2.36. The highest BCUT2D eigenvalue weighted by atomic mass is 16.4. The second-order valence-corrected chi connectivity index (χ2v) is 5.21. The van der Waals surface area contributed by atoms with E-state index in [-0.39, 0.29) is 6.04 Å². The monoisotopic (exact) mass is 261 g/mol. The van der Waals surface area contributed by atoms with Gasteiger partial charge in [-0.25, -0.2) is 4.98 Å². The van der Waals surface area contributed by atoms with Crippen molar-refractivity contribution < 1.29 is 4.42 Å². The summed E-state index contributed by atoms with van der Waals surface area (Å²) in [4.78, 5) is 6.75. The Balaban J connectivity index is 1.71. The minimum absolute atomic E-state index is 0.211. The first-order valence-corrected chi connectivity index (χ1v) is 6.76. The Morgan fingerprint density at radius 3 is 3.05 bits per heavy atom. The summed E-state index contributed by atoms with van der Waals surface area (Å²) in [6.45, 7) is 6.14. The number of nitrogens with zero attached hydrogens (tertiary/aromatic N) is 4. The Morgan fingerprint density at radius 2 is 2.37 bits per heavy atom. The average molecular weight is 261 g/mol. The van der Waals surface area contributed by atoms with Crippen LogP contribution in [0.5, 0.6) is 0 Å². The number of aryl methyl sites for hydroxylation is 1. The molecule has 6 nitrogen and oxygen atoms in total. The van der Waals surface area contributed by atoms with E-state index < -0.39 is 0 Å². The third kappa shape index (κ3) is 2.53. The minimum Gasteiger partial charge on any atom is -0.444 e. The van der Waals surface area contributed by atoms with Gasteiger partial charge in [-0.1, -0.05) is 0 Å². The molecule has 1 saturated heterocycles. The van der Waals surface area contributed by atoms with Crippen molar-refractivity contribution >= 4 is 0 Å². The van der Waals surface area contributed by atoms with Crippen molar-refractivity contribution in [3.63, 3.8) is 0 Å². The molecule has 19 heavy (non-hydrogen) atoms. The van der Waals surface area contributed by atoms with Crippen molar-refractivity contribution in [2.45, 2.75) is 38.6 Å². The van der Waals surface area contributed by atoms with Crippen molar-refractivity contribution in [3.8, 4) is 0 Å². The van der Waals surface area contributed by atoms with Gasteiger partial charge >= 0.3 is 0 Å². The van der Waals surface area contributed by atoms with Gasteiger partial charge in [-0.2, -0.15) is 15.4 Å². The van der Waals surface area contributed by atoms with Crippen molar-refractivity contribution in [2.24, 2.45) is 0 Å². The molecule has 2 aromatic rings. The van der Waals surface area contributed by atoms with Crippen LogP contribution in [0.1, 0.15) is 49.1 Å². The Hall–Kier alpha value is -1.69. The van der Waals surface area contributed by atoms with Gasteiger partial charge in [0.2, 0.25) is 5.89 Å². The molecule has 0 aromatic carbocycles. The number of aromatic nitrogens is 4. The molecule has 0 spiro atoms. The summed E-state index contributed by atoms with van der Waals surface area (Å²) >= 11 is 0. The van der Waals surface area contributed by atoms with Gasteiger partial charge in [0.25, 0.3) is 0 Å². The highest BCUT2D eigenvalue weighted by Gasteiger charge is 2.28. The highest BCUT2D eigenvalue weighted by Crippen LogP contribution is 2.30. The molecule has 1 aliphatic heterocycles. The normalized spacial score (nSPS) is 22.5. The Kier molecular flexibility index (Phi) is 3.33. The lowest BCUT2D eigenvalue weighted by molar-refractivity contribution is 0.137. The molecule has 0 radical (unpaired) electrons. The van der Waals surface area contributed by atoms with Crippen molar-refractivity contribution in [2.75, 3.05) is 13.1 Å². The zero-order valence-corrected chi connectivity index (χ0v) is 11.3. The van der Waals surface area contributed by atoms with Gasteiger partial charge in [-0.05, 0) is 33.2 Å². The smallest absolute Gasteiger partial charge is 0.211 e. The molecule has 0 aliphatic carbocycles. The van der Waals surface area contributed by atoms with Gasteiger partial charge < -0.3 is 4.42 Å². The van der Waals surface area contributed by atoms with Gasteiger partial charge in [-0.15, -0.1) is 0 Å². The lowest BCUT2D eigenvalue weighted by Gasteiger charge is -2.34. The van der Waals surface area contributed by atoms with Crippen molar-refractivity contribution in [1.29, 1.82) is 0 Å². The molecule has 6 heteroatoms. The summed E-state index contributed by atoms with van der Waals surface area (Å²) < 4.78 is 5.64. The maximum absolute atomic E-state index is 5.64. The standard InChI is InChI=1S/C13H19N5O/c1-9-6-14-13(19-9)10(2)18-5-3-4-11(8-18)12-7-15-17-16-12/h6-7,10-11H,3-5,8H2,1-2H3,(H,15,16,17). The number of H-pyrrole nitrogens is 1. The number of hydrogen-bond acceptors (Lipinski definition) is 5. The van der Waals surface area contributed by atoms with Crippen molar-refractivity contribution in [1.82, 2.24) is 25.3 Å². The molecule has 2 aromatic heterocycles. The Labute approximate surface area is 112 Å². The summed E-state index contributed by atoms with van der Waals surface area (Å²) in [5, 5.41) is 10.8. The fraction of sp³-hybridized carbons (Fsp3) is 0.615. The van der Waals surface area contributed by atoms with E-state index in [1.807, 2.05) is 13.1 Å². The topological polar surface area (TPSA) is 70.8 Å². The first-order valence-electron chi connectivity index (χ1n) is 6.76. The highest BCUT2D eigenvalue weighted by molar-refractivity contribution is 5.05. The molecule has 0 bridgehead atoms. The Morgan fingerprint density at radius 1 is 1.47 bits per heavy atom. The predicted molar refractivity (Wildman–Crippen MR) is 69.6 cm³/mol. The van der Waals surface area contributed by atoms with Crippen LogP contribution in [0.3, 0.4) is 0 Å². The predicted octanol–water partition coefficient (Wildman–Crippen LogP) is 2.04. The SMILES string of the molecule is Cc1cnc(C(C)N2CCCC(c3cn[nH]n3)C2)o1. The first kappa shape index (κ1) is 12.3. The molecule has 2 unspecified atom stereocenters. The molecule has 1 aliphatic rings. The summed E-state index contributed by atoms with van der Waals surface area (Å²) in [6.07, 6.45) is 5.95. The first-order chi connectivity index (χ1) is 9.24. The summed E-state index contributed by atoms with van der Waals surface area (Å²) in [7, 11) is 0. The van der Waals surface area contributed by atoms with Crippen LogP contribution in [0, 0.1) is 6.92 Å². The number of likely N-dealkylation sites (tertiary alicyclic amines) is 1. The maximum atomic E-state index is 5.64. The average Bonchev–Trinajstić information content (AvgIpc) is 3.09. The number of aromatic amines is 1. The van der Waals surface area contributed by atoms with E-state index in [2.05, 4.69) is 32.2 Å². The second kappa shape index (κ2) is 5.13. The van der Waals surface area contributed by atoms with E-state index in [0.717, 1.165) is 30.4 Å². The van der Waals surface area contributed by atoms with Crippen LogP contribution in [-0.2, 0) is 0 Å². The van der Waals surface area contributed by atoms with Crippen LogP contribution < -0.4 is 0 Å². The molecular formula is C13H19N5O. The van der Waals surface area contributed by atoms with Crippen LogP contribution >= 0.6 is 0 Å². The minimum atomic E-state index is 0.211. The number of hydrogen-bond donors (Lipinski definition) is 1. The third-order valence-electron chi connectivity index (χ3n) is 3.85. The molecule has 0 saturated carbocycles. The largest absolute Gasteiger partial charge is 0.444 e. The molecule has 2 atom stereocenters. The lowest BCUT2D eigenvalue weighted by atomic mass is 9.94. The number of rotatable bonds is 3. The summed E-state index contributed by atoms with van der Waals surface area (Å²) in [5.41, 5.74) is 1.06. The zero-order chi connectivity index (χ0) is 13.2. The van der Waals surface area contributed by atoms with Gasteiger partial charge in [0.05, 0.1) is 24.1 Å². The summed E-state index contributed by atoms with van der Waals surface area (Å²) in [6, 6.07) is 0.211. The van der Waals surface area contributed by atoms with Gasteiger partial charge in [0.15, 0.2) is 0 Å². The van der Waals surface area contributed by atoms with E-state index in [1.165, 1.54) is 12.8 Å². The molecule has 3 heterocycles. The Bertz CT molecular complexity index is 521. The second-order valence-electron chi connectivity index (χ2n) is 5.21. The fourth-order valence-electron chi connectivity index (χ4n) is 2.73. The third-order valence-corrected chi connectivity index (χ3v) is 3.85. The molecule has 1 fully saturated rings. The number of nitrogens with one attached hydrogen (secondary N) is 1. The molecule has 1 N–H and O–H groups in total. The van der Waals surface area contributed by atoms with E-state index in [0.29, 0.717) is 5.92 Å². The summed E-state index contributed by atoms with van der Waals surface area (Å²) in [5.74, 6) is 2.12. The molecule has 3 rings (SSSR count). The molecular weight excluding hydrogens is 242 g/mol. The number of oxazole rings is 1. The van der Waals surface area contributed by atoms with Gasteiger partial charge in [-0.3, -0.25) is 4.90 Å². The van der Waals surface area contributed by atoms with E-state index in [4.69, 9.17) is 4.42 Å². The van der Waals surface area contributed by atoms with E-state index in [1.54, 1.807) is 6.20 Å².